The Hall–Kier alpha value is -0.940. The van der Waals surface area contributed by atoms with Crippen molar-refractivity contribution in [2.24, 2.45) is 0 Å². The van der Waals surface area contributed by atoms with Crippen LogP contribution in [0.15, 0.2) is 30.3 Å². The van der Waals surface area contributed by atoms with Gasteiger partial charge in [-0.3, -0.25) is 0 Å². The average Bonchev–Trinajstić information content (AvgIpc) is 2.39. The summed E-state index contributed by atoms with van der Waals surface area (Å²) in [5, 5.41) is 13.1. The number of hydrogen-bond acceptors (Lipinski definition) is 4. The van der Waals surface area contributed by atoms with Gasteiger partial charge in [-0.05, 0) is 19.7 Å². The Morgan fingerprint density at radius 2 is 2.00 bits per heavy atom. The number of nitrogens with zero attached hydrogens (tertiary/aromatic N) is 1. The van der Waals surface area contributed by atoms with Gasteiger partial charge in [0.1, 0.15) is 0 Å². The number of benzene rings is 1. The number of likely N-dealkylation sites (N-methyl/N-ethyl adjacent to an activating group) is 2. The minimum absolute atomic E-state index is 0.0115. The molecule has 4 heteroatoms. The second-order valence-electron chi connectivity index (χ2n) is 5.76. The highest BCUT2D eigenvalue weighted by Gasteiger charge is 2.27. The molecular formula is C16H28N2O2. The molecule has 0 aliphatic heterocycles. The SMILES string of the molecule is CNCC(C)(CN(C)CC(O)COC)c1ccccc1. The van der Waals surface area contributed by atoms with Crippen LogP contribution in [0.25, 0.3) is 0 Å². The third-order valence-electron chi connectivity index (χ3n) is 3.54. The highest BCUT2D eigenvalue weighted by molar-refractivity contribution is 5.25. The van der Waals surface area contributed by atoms with Gasteiger partial charge in [-0.25, -0.2) is 0 Å². The lowest BCUT2D eigenvalue weighted by Crippen LogP contribution is -2.45. The molecule has 0 amide bonds. The van der Waals surface area contributed by atoms with Gasteiger partial charge in [-0.1, -0.05) is 37.3 Å². The first kappa shape index (κ1) is 17.1. The van der Waals surface area contributed by atoms with Crippen LogP contribution in [0.1, 0.15) is 12.5 Å². The van der Waals surface area contributed by atoms with Gasteiger partial charge in [0.15, 0.2) is 0 Å². The first-order valence-electron chi connectivity index (χ1n) is 7.07. The molecule has 20 heavy (non-hydrogen) atoms. The van der Waals surface area contributed by atoms with Crippen molar-refractivity contribution in [2.45, 2.75) is 18.4 Å². The molecule has 1 aromatic rings. The Balaban J connectivity index is 2.71. The number of hydrogen-bond donors (Lipinski definition) is 2. The summed E-state index contributed by atoms with van der Waals surface area (Å²) in [5.41, 5.74) is 1.32. The molecular weight excluding hydrogens is 252 g/mol. The Morgan fingerprint density at radius 1 is 1.35 bits per heavy atom. The van der Waals surface area contributed by atoms with Crippen LogP contribution in [0, 0.1) is 0 Å². The topological polar surface area (TPSA) is 44.7 Å². The van der Waals surface area contributed by atoms with Crippen molar-refractivity contribution in [1.82, 2.24) is 10.2 Å². The van der Waals surface area contributed by atoms with Gasteiger partial charge in [-0.2, -0.15) is 0 Å². The summed E-state index contributed by atoms with van der Waals surface area (Å²) in [4.78, 5) is 2.16. The third kappa shape index (κ3) is 5.21. The molecule has 0 heterocycles. The lowest BCUT2D eigenvalue weighted by atomic mass is 9.82. The van der Waals surface area contributed by atoms with Crippen molar-refractivity contribution >= 4 is 0 Å². The Bertz CT molecular complexity index is 372. The molecule has 0 aliphatic carbocycles. The van der Waals surface area contributed by atoms with Crippen molar-refractivity contribution in [1.29, 1.82) is 0 Å². The molecule has 0 aromatic heterocycles. The zero-order valence-corrected chi connectivity index (χ0v) is 13.1. The smallest absolute Gasteiger partial charge is 0.0899 e. The Kier molecular flexibility index (Phi) is 7.16. The van der Waals surface area contributed by atoms with Crippen molar-refractivity contribution in [3.63, 3.8) is 0 Å². The van der Waals surface area contributed by atoms with Crippen LogP contribution in [0.2, 0.25) is 0 Å². The fourth-order valence-corrected chi connectivity index (χ4v) is 2.75. The highest BCUT2D eigenvalue weighted by atomic mass is 16.5. The maximum atomic E-state index is 9.83. The van der Waals surface area contributed by atoms with Crippen molar-refractivity contribution in [3.05, 3.63) is 35.9 Å². The summed E-state index contributed by atoms with van der Waals surface area (Å²) < 4.78 is 4.98. The van der Waals surface area contributed by atoms with E-state index in [4.69, 9.17) is 4.74 Å². The van der Waals surface area contributed by atoms with Crippen LogP contribution >= 0.6 is 0 Å². The summed E-state index contributed by atoms with van der Waals surface area (Å²) in [6.07, 6.45) is -0.445. The molecule has 2 atom stereocenters. The summed E-state index contributed by atoms with van der Waals surface area (Å²) in [5.74, 6) is 0. The highest BCUT2D eigenvalue weighted by Crippen LogP contribution is 2.24. The second-order valence-corrected chi connectivity index (χ2v) is 5.76. The predicted octanol–water partition coefficient (Wildman–Crippen LogP) is 1.10. The van der Waals surface area contributed by atoms with Gasteiger partial charge in [0.05, 0.1) is 12.7 Å². The molecule has 0 saturated carbocycles. The van der Waals surface area contributed by atoms with Gasteiger partial charge in [0.2, 0.25) is 0 Å². The van der Waals surface area contributed by atoms with Crippen LogP contribution in [0.5, 0.6) is 0 Å². The monoisotopic (exact) mass is 280 g/mol. The summed E-state index contributed by atoms with van der Waals surface area (Å²) in [6, 6.07) is 10.5. The molecule has 2 N–H and O–H groups in total. The molecule has 1 rings (SSSR count). The fourth-order valence-electron chi connectivity index (χ4n) is 2.75. The second kappa shape index (κ2) is 8.37. The van der Waals surface area contributed by atoms with Crippen LogP contribution in [-0.4, -0.2) is 63.6 Å². The molecule has 114 valence electrons. The molecule has 4 nitrogen and oxygen atoms in total. The minimum atomic E-state index is -0.445. The fraction of sp³-hybridized carbons (Fsp3) is 0.625. The van der Waals surface area contributed by atoms with E-state index in [9.17, 15) is 5.11 Å². The third-order valence-corrected chi connectivity index (χ3v) is 3.54. The average molecular weight is 280 g/mol. The maximum absolute atomic E-state index is 9.83. The molecule has 0 radical (unpaired) electrons. The summed E-state index contributed by atoms with van der Waals surface area (Å²) in [7, 11) is 5.62. The normalized spacial score (nSPS) is 16.1. The quantitative estimate of drug-likeness (QED) is 0.711. The first-order valence-corrected chi connectivity index (χ1v) is 7.07. The summed E-state index contributed by atoms with van der Waals surface area (Å²) in [6.45, 7) is 5.00. The number of methoxy groups -OCH3 is 1. The number of ether oxygens (including phenoxy) is 1. The molecule has 0 bridgehead atoms. The minimum Gasteiger partial charge on any atom is -0.389 e. The van der Waals surface area contributed by atoms with E-state index in [1.165, 1.54) is 5.56 Å². The molecule has 0 fully saturated rings. The van der Waals surface area contributed by atoms with E-state index < -0.39 is 6.10 Å². The summed E-state index contributed by atoms with van der Waals surface area (Å²) >= 11 is 0. The Morgan fingerprint density at radius 3 is 2.55 bits per heavy atom. The number of nitrogens with one attached hydrogen (secondary N) is 1. The van der Waals surface area contributed by atoms with Crippen LogP contribution < -0.4 is 5.32 Å². The molecule has 0 spiro atoms. The van der Waals surface area contributed by atoms with E-state index in [1.807, 2.05) is 20.2 Å². The molecule has 0 saturated heterocycles. The van der Waals surface area contributed by atoms with Crippen LogP contribution in [0.4, 0.5) is 0 Å². The van der Waals surface area contributed by atoms with Gasteiger partial charge in [0, 0.05) is 32.2 Å². The first-order chi connectivity index (χ1) is 9.51. The van der Waals surface area contributed by atoms with Crippen LogP contribution in [-0.2, 0) is 10.2 Å². The molecule has 0 aliphatic rings. The van der Waals surface area contributed by atoms with Gasteiger partial charge in [0.25, 0.3) is 0 Å². The number of aliphatic hydroxyl groups excluding tert-OH is 1. The van der Waals surface area contributed by atoms with E-state index in [0.29, 0.717) is 13.2 Å². The largest absolute Gasteiger partial charge is 0.389 e. The zero-order chi connectivity index (χ0) is 15.0. The van der Waals surface area contributed by atoms with E-state index in [2.05, 4.69) is 41.4 Å². The van der Waals surface area contributed by atoms with Gasteiger partial charge < -0.3 is 20.1 Å². The van der Waals surface area contributed by atoms with E-state index in [0.717, 1.165) is 13.1 Å². The van der Waals surface area contributed by atoms with Crippen molar-refractivity contribution in [2.75, 3.05) is 47.4 Å². The molecule has 2 unspecified atom stereocenters. The zero-order valence-electron chi connectivity index (χ0n) is 13.1. The molecule has 1 aromatic carbocycles. The van der Waals surface area contributed by atoms with Crippen molar-refractivity contribution in [3.8, 4) is 0 Å². The Labute approximate surface area is 122 Å². The number of aliphatic hydroxyl groups is 1. The van der Waals surface area contributed by atoms with E-state index in [-0.39, 0.29) is 5.41 Å². The van der Waals surface area contributed by atoms with Crippen LogP contribution in [0.3, 0.4) is 0 Å². The predicted molar refractivity (Wildman–Crippen MR) is 83.1 cm³/mol. The lowest BCUT2D eigenvalue weighted by molar-refractivity contribution is 0.0393. The number of rotatable bonds is 9. The lowest BCUT2D eigenvalue weighted by Gasteiger charge is -2.35. The van der Waals surface area contributed by atoms with Crippen molar-refractivity contribution < 1.29 is 9.84 Å². The van der Waals surface area contributed by atoms with Gasteiger partial charge in [-0.15, -0.1) is 0 Å². The van der Waals surface area contributed by atoms with E-state index in [1.54, 1.807) is 7.11 Å². The van der Waals surface area contributed by atoms with Gasteiger partial charge >= 0.3 is 0 Å². The van der Waals surface area contributed by atoms with E-state index >= 15 is 0 Å². The standard InChI is InChI=1S/C16H28N2O2/c1-16(12-17-2,14-8-6-5-7-9-14)13-18(3)10-15(19)11-20-4/h5-9,15,17,19H,10-13H2,1-4H3. The maximum Gasteiger partial charge on any atom is 0.0899 e.